The number of hydrogen-bond acceptors (Lipinski definition) is 6. The monoisotopic (exact) mass is 260 g/mol. The molecule has 0 aromatic rings. The standard InChI is InChI=1S/C13H16N4O2/c1-2-3-4-9-11(7-14)10(16)17-13(12(9,11)8-15)18-5-6-19-13/h9H,2-6H2,1H3,(H2,16,17)/t9-,11+,12+/m0/s1. The second-order valence-corrected chi connectivity index (χ2v) is 5.31. The molecule has 0 aromatic carbocycles. The van der Waals surface area contributed by atoms with Crippen LogP contribution in [0.3, 0.4) is 0 Å². The van der Waals surface area contributed by atoms with Gasteiger partial charge in [0.2, 0.25) is 0 Å². The topological polar surface area (TPSA) is 104 Å². The van der Waals surface area contributed by atoms with E-state index in [0.29, 0.717) is 13.2 Å². The molecule has 19 heavy (non-hydrogen) atoms. The Hall–Kier alpha value is -1.63. The Balaban J connectivity index is 2.06. The Labute approximate surface area is 111 Å². The predicted octanol–water partition coefficient (Wildman–Crippen LogP) is 0.898. The van der Waals surface area contributed by atoms with Gasteiger partial charge in [-0.3, -0.25) is 0 Å². The van der Waals surface area contributed by atoms with Gasteiger partial charge in [0.1, 0.15) is 11.3 Å². The molecule has 1 saturated carbocycles. The predicted molar refractivity (Wildman–Crippen MR) is 65.4 cm³/mol. The van der Waals surface area contributed by atoms with Crippen LogP contribution < -0.4 is 5.73 Å². The number of nitrogens with zero attached hydrogens (tertiary/aromatic N) is 3. The molecule has 2 N–H and O–H groups in total. The molecule has 3 rings (SSSR count). The van der Waals surface area contributed by atoms with E-state index in [9.17, 15) is 10.5 Å². The summed E-state index contributed by atoms with van der Waals surface area (Å²) in [6.07, 6.45) is 2.72. The summed E-state index contributed by atoms with van der Waals surface area (Å²) in [6, 6.07) is 4.49. The van der Waals surface area contributed by atoms with E-state index < -0.39 is 16.7 Å². The van der Waals surface area contributed by atoms with Gasteiger partial charge in [-0.25, -0.2) is 4.99 Å². The summed E-state index contributed by atoms with van der Waals surface area (Å²) in [5.41, 5.74) is 3.87. The fraction of sp³-hybridized carbons (Fsp3) is 0.769. The van der Waals surface area contributed by atoms with Crippen molar-refractivity contribution in [2.45, 2.75) is 32.1 Å². The van der Waals surface area contributed by atoms with Crippen LogP contribution in [-0.2, 0) is 9.47 Å². The maximum atomic E-state index is 9.69. The highest BCUT2D eigenvalue weighted by Gasteiger charge is 2.93. The average molecular weight is 260 g/mol. The number of hydrogen-bond donors (Lipinski definition) is 1. The highest BCUT2D eigenvalue weighted by molar-refractivity contribution is 5.98. The van der Waals surface area contributed by atoms with Crippen LogP contribution in [0.4, 0.5) is 0 Å². The Kier molecular flexibility index (Phi) is 2.41. The smallest absolute Gasteiger partial charge is 0.293 e. The summed E-state index contributed by atoms with van der Waals surface area (Å²) in [7, 11) is 0. The maximum absolute atomic E-state index is 9.69. The second kappa shape index (κ2) is 3.69. The Morgan fingerprint density at radius 2 is 2.05 bits per heavy atom. The van der Waals surface area contributed by atoms with Crippen LogP contribution in [0.2, 0.25) is 0 Å². The summed E-state index contributed by atoms with van der Waals surface area (Å²) in [5.74, 6) is -1.30. The maximum Gasteiger partial charge on any atom is 0.293 e. The van der Waals surface area contributed by atoms with Gasteiger partial charge in [-0.1, -0.05) is 19.8 Å². The number of unbranched alkanes of at least 4 members (excludes halogenated alkanes) is 1. The van der Waals surface area contributed by atoms with Crippen molar-refractivity contribution in [3.8, 4) is 12.1 Å². The highest BCUT2D eigenvalue weighted by atomic mass is 16.8. The third-order valence-corrected chi connectivity index (χ3v) is 4.63. The molecule has 6 heteroatoms. The van der Waals surface area contributed by atoms with E-state index in [1.54, 1.807) is 0 Å². The van der Waals surface area contributed by atoms with Crippen molar-refractivity contribution in [2.75, 3.05) is 13.2 Å². The molecule has 0 radical (unpaired) electrons. The molecule has 3 aliphatic rings. The molecule has 1 saturated heterocycles. The molecule has 0 amide bonds. The minimum Gasteiger partial charge on any atom is -0.386 e. The van der Waals surface area contributed by atoms with E-state index in [0.717, 1.165) is 19.3 Å². The molecule has 0 unspecified atom stereocenters. The van der Waals surface area contributed by atoms with Gasteiger partial charge in [-0.15, -0.1) is 0 Å². The summed E-state index contributed by atoms with van der Waals surface area (Å²) >= 11 is 0. The lowest BCUT2D eigenvalue weighted by molar-refractivity contribution is -0.186. The van der Waals surface area contributed by atoms with Crippen molar-refractivity contribution in [3.63, 3.8) is 0 Å². The van der Waals surface area contributed by atoms with E-state index in [1.807, 2.05) is 0 Å². The third kappa shape index (κ3) is 1.06. The van der Waals surface area contributed by atoms with Crippen LogP contribution in [0, 0.1) is 39.4 Å². The van der Waals surface area contributed by atoms with Gasteiger partial charge >= 0.3 is 0 Å². The molecule has 3 atom stereocenters. The minimum atomic E-state index is -1.35. The van der Waals surface area contributed by atoms with Crippen molar-refractivity contribution < 1.29 is 9.47 Å². The van der Waals surface area contributed by atoms with Gasteiger partial charge < -0.3 is 15.2 Å². The first kappa shape index (κ1) is 12.4. The summed E-state index contributed by atoms with van der Waals surface area (Å²) in [5, 5.41) is 19.3. The second-order valence-electron chi connectivity index (χ2n) is 5.31. The normalized spacial score (nSPS) is 41.4. The molecule has 0 aromatic heterocycles. The van der Waals surface area contributed by atoms with Crippen molar-refractivity contribution in [1.82, 2.24) is 0 Å². The SMILES string of the molecule is CCCC[C@H]1[C@]2(C#N)C(N)=NC3(OCCO3)[C@]12C#N. The molecule has 6 nitrogen and oxygen atoms in total. The van der Waals surface area contributed by atoms with Crippen LogP contribution in [0.25, 0.3) is 0 Å². The number of rotatable bonds is 3. The molecule has 100 valence electrons. The van der Waals surface area contributed by atoms with Gasteiger partial charge in [0.25, 0.3) is 5.91 Å². The molecular weight excluding hydrogens is 244 g/mol. The van der Waals surface area contributed by atoms with Crippen molar-refractivity contribution in [2.24, 2.45) is 27.5 Å². The number of nitriles is 2. The molecule has 2 fully saturated rings. The Bertz CT molecular complexity index is 526. The molecule has 1 spiro atoms. The van der Waals surface area contributed by atoms with Gasteiger partial charge in [0.15, 0.2) is 5.41 Å². The summed E-state index contributed by atoms with van der Waals surface area (Å²) < 4.78 is 11.2. The first-order chi connectivity index (χ1) is 9.15. The van der Waals surface area contributed by atoms with Gasteiger partial charge in [0.05, 0.1) is 25.4 Å². The van der Waals surface area contributed by atoms with Crippen LogP contribution in [-0.4, -0.2) is 25.0 Å². The lowest BCUT2D eigenvalue weighted by Gasteiger charge is -2.25. The van der Waals surface area contributed by atoms with Gasteiger partial charge in [-0.05, 0) is 6.42 Å². The zero-order valence-corrected chi connectivity index (χ0v) is 10.8. The van der Waals surface area contributed by atoms with Crippen LogP contribution >= 0.6 is 0 Å². The minimum absolute atomic E-state index is 0.148. The van der Waals surface area contributed by atoms with E-state index in [2.05, 4.69) is 24.1 Å². The van der Waals surface area contributed by atoms with Gasteiger partial charge in [0, 0.05) is 5.92 Å². The largest absolute Gasteiger partial charge is 0.386 e. The highest BCUT2D eigenvalue weighted by Crippen LogP contribution is 2.79. The van der Waals surface area contributed by atoms with Crippen molar-refractivity contribution in [3.05, 3.63) is 0 Å². The Morgan fingerprint density at radius 3 is 2.58 bits per heavy atom. The van der Waals surface area contributed by atoms with E-state index in [1.165, 1.54) is 0 Å². The molecule has 1 aliphatic carbocycles. The number of aliphatic imine (C=N–C) groups is 1. The van der Waals surface area contributed by atoms with Crippen molar-refractivity contribution in [1.29, 1.82) is 10.5 Å². The summed E-state index contributed by atoms with van der Waals surface area (Å²) in [4.78, 5) is 4.20. The lowest BCUT2D eigenvalue weighted by Crippen LogP contribution is -2.39. The van der Waals surface area contributed by atoms with Crippen LogP contribution in [0.1, 0.15) is 26.2 Å². The zero-order chi connectivity index (χ0) is 13.7. The fourth-order valence-corrected chi connectivity index (χ4v) is 3.73. The number of ether oxygens (including phenoxy) is 2. The average Bonchev–Trinajstić information content (AvgIpc) is 2.67. The number of amidine groups is 1. The quantitative estimate of drug-likeness (QED) is 0.811. The number of nitrogens with two attached hydrogens (primary N) is 1. The van der Waals surface area contributed by atoms with Gasteiger partial charge in [-0.2, -0.15) is 10.5 Å². The zero-order valence-electron chi connectivity index (χ0n) is 10.8. The molecule has 0 bridgehead atoms. The van der Waals surface area contributed by atoms with Crippen molar-refractivity contribution >= 4 is 5.84 Å². The molecule has 2 heterocycles. The first-order valence-electron chi connectivity index (χ1n) is 6.61. The van der Waals surface area contributed by atoms with E-state index in [4.69, 9.17) is 15.2 Å². The van der Waals surface area contributed by atoms with Crippen LogP contribution in [0.5, 0.6) is 0 Å². The first-order valence-corrected chi connectivity index (χ1v) is 6.61. The van der Waals surface area contributed by atoms with Crippen LogP contribution in [0.15, 0.2) is 4.99 Å². The van der Waals surface area contributed by atoms with E-state index >= 15 is 0 Å². The Morgan fingerprint density at radius 1 is 1.37 bits per heavy atom. The van der Waals surface area contributed by atoms with E-state index in [-0.39, 0.29) is 11.8 Å². The molecule has 2 aliphatic heterocycles. The fourth-order valence-electron chi connectivity index (χ4n) is 3.73. The third-order valence-electron chi connectivity index (χ3n) is 4.63. The summed E-state index contributed by atoms with van der Waals surface area (Å²) in [6.45, 7) is 2.83. The molecular formula is C13H16N4O2. The lowest BCUT2D eigenvalue weighted by atomic mass is 9.94. The number of fused-ring (bicyclic) bond motifs is 2.